The second-order valence-corrected chi connectivity index (χ2v) is 7.31. The molecule has 1 saturated heterocycles. The molecule has 1 amide bonds. The zero-order valence-corrected chi connectivity index (χ0v) is 15.3. The number of fused-ring (bicyclic) bond motifs is 1. The Hall–Kier alpha value is -2.82. The van der Waals surface area contributed by atoms with E-state index in [0.29, 0.717) is 11.7 Å². The van der Waals surface area contributed by atoms with E-state index in [1.54, 1.807) is 6.07 Å². The van der Waals surface area contributed by atoms with E-state index in [0.717, 1.165) is 38.0 Å². The highest BCUT2D eigenvalue weighted by molar-refractivity contribution is 5.89. The van der Waals surface area contributed by atoms with Crippen LogP contribution in [0.3, 0.4) is 0 Å². The average molecular weight is 364 g/mol. The van der Waals surface area contributed by atoms with Crippen LogP contribution < -0.4 is 9.64 Å². The molecular formula is C22H24N2O3. The van der Waals surface area contributed by atoms with E-state index in [-0.39, 0.29) is 25.0 Å². The molecule has 4 rings (SSSR count). The number of esters is 1. The van der Waals surface area contributed by atoms with Crippen LogP contribution in [0.15, 0.2) is 54.6 Å². The molecule has 5 heteroatoms. The topological polar surface area (TPSA) is 49.9 Å². The van der Waals surface area contributed by atoms with Crippen molar-refractivity contribution in [3.63, 3.8) is 0 Å². The molecule has 0 aromatic heterocycles. The Labute approximate surface area is 159 Å². The fourth-order valence-electron chi connectivity index (χ4n) is 3.94. The molecule has 2 aliphatic rings. The molecule has 140 valence electrons. The van der Waals surface area contributed by atoms with Crippen LogP contribution in [0.1, 0.15) is 18.4 Å². The summed E-state index contributed by atoms with van der Waals surface area (Å²) >= 11 is 0. The molecule has 27 heavy (non-hydrogen) atoms. The highest BCUT2D eigenvalue weighted by atomic mass is 16.5. The Morgan fingerprint density at radius 3 is 2.48 bits per heavy atom. The monoisotopic (exact) mass is 364 g/mol. The fourth-order valence-corrected chi connectivity index (χ4v) is 3.94. The number of benzene rings is 2. The van der Waals surface area contributed by atoms with Crippen LogP contribution in [-0.4, -0.2) is 43.0 Å². The van der Waals surface area contributed by atoms with E-state index in [9.17, 15) is 9.59 Å². The van der Waals surface area contributed by atoms with Crippen LogP contribution >= 0.6 is 0 Å². The van der Waals surface area contributed by atoms with Crippen LogP contribution in [0, 0.1) is 5.92 Å². The first-order chi connectivity index (χ1) is 13.2. The zero-order chi connectivity index (χ0) is 18.6. The number of rotatable bonds is 4. The van der Waals surface area contributed by atoms with E-state index in [2.05, 4.69) is 24.3 Å². The minimum atomic E-state index is -0.317. The van der Waals surface area contributed by atoms with Gasteiger partial charge >= 0.3 is 5.97 Å². The standard InChI is InChI=1S/C22H24N2O3/c25-21(15-24-16-22(26)27-20-9-5-4-8-19(20)24)23-12-10-18(11-13-23)14-17-6-2-1-3-7-17/h1-9,18H,10-16H2. The quantitative estimate of drug-likeness (QED) is 0.618. The van der Waals surface area contributed by atoms with Gasteiger partial charge < -0.3 is 14.5 Å². The number of para-hydroxylation sites is 2. The number of hydrogen-bond acceptors (Lipinski definition) is 4. The van der Waals surface area contributed by atoms with Crippen LogP contribution in [0.4, 0.5) is 5.69 Å². The summed E-state index contributed by atoms with van der Waals surface area (Å²) in [5.74, 6) is 0.922. The van der Waals surface area contributed by atoms with Crippen molar-refractivity contribution in [2.75, 3.05) is 31.1 Å². The predicted molar refractivity (Wildman–Crippen MR) is 104 cm³/mol. The maximum atomic E-state index is 12.8. The molecule has 2 aliphatic heterocycles. The molecular weight excluding hydrogens is 340 g/mol. The Kier molecular flexibility index (Phi) is 5.10. The van der Waals surface area contributed by atoms with Gasteiger partial charge in [0.2, 0.25) is 5.91 Å². The molecule has 0 unspecified atom stereocenters. The van der Waals surface area contributed by atoms with E-state index >= 15 is 0 Å². The van der Waals surface area contributed by atoms with Crippen molar-refractivity contribution in [1.29, 1.82) is 0 Å². The average Bonchev–Trinajstić information content (AvgIpc) is 2.69. The number of amides is 1. The summed E-state index contributed by atoms with van der Waals surface area (Å²) in [6, 6.07) is 17.9. The molecule has 2 aromatic carbocycles. The maximum absolute atomic E-state index is 12.8. The largest absolute Gasteiger partial charge is 0.423 e. The molecule has 0 atom stereocenters. The fraction of sp³-hybridized carbons (Fsp3) is 0.364. The lowest BCUT2D eigenvalue weighted by Crippen LogP contribution is -2.47. The second-order valence-electron chi connectivity index (χ2n) is 7.31. The van der Waals surface area contributed by atoms with E-state index < -0.39 is 0 Å². The highest BCUT2D eigenvalue weighted by Gasteiger charge is 2.28. The molecule has 1 fully saturated rings. The molecule has 0 saturated carbocycles. The predicted octanol–water partition coefficient (Wildman–Crippen LogP) is 2.89. The van der Waals surface area contributed by atoms with E-state index in [1.807, 2.05) is 34.1 Å². The van der Waals surface area contributed by atoms with E-state index in [1.165, 1.54) is 5.56 Å². The van der Waals surface area contributed by atoms with Gasteiger partial charge in [0, 0.05) is 13.1 Å². The number of nitrogens with zero attached hydrogens (tertiary/aromatic N) is 2. The van der Waals surface area contributed by atoms with Crippen molar-refractivity contribution in [2.24, 2.45) is 5.92 Å². The van der Waals surface area contributed by atoms with Crippen molar-refractivity contribution in [3.8, 4) is 5.75 Å². The molecule has 0 N–H and O–H groups in total. The van der Waals surface area contributed by atoms with Gasteiger partial charge in [-0.1, -0.05) is 42.5 Å². The number of likely N-dealkylation sites (tertiary alicyclic amines) is 1. The van der Waals surface area contributed by atoms with Crippen molar-refractivity contribution >= 4 is 17.6 Å². The van der Waals surface area contributed by atoms with Gasteiger partial charge in [-0.05, 0) is 42.9 Å². The van der Waals surface area contributed by atoms with Gasteiger partial charge in [0.1, 0.15) is 6.54 Å². The van der Waals surface area contributed by atoms with Gasteiger partial charge in [-0.25, -0.2) is 4.79 Å². The van der Waals surface area contributed by atoms with Crippen molar-refractivity contribution in [2.45, 2.75) is 19.3 Å². The Morgan fingerprint density at radius 1 is 1.00 bits per heavy atom. The summed E-state index contributed by atoms with van der Waals surface area (Å²) in [7, 11) is 0. The molecule has 0 bridgehead atoms. The van der Waals surface area contributed by atoms with Gasteiger partial charge in [-0.3, -0.25) is 4.79 Å². The number of anilines is 1. The molecule has 2 aromatic rings. The summed E-state index contributed by atoms with van der Waals surface area (Å²) in [5.41, 5.74) is 2.18. The summed E-state index contributed by atoms with van der Waals surface area (Å²) in [6.45, 7) is 1.91. The van der Waals surface area contributed by atoms with Crippen LogP contribution in [0.5, 0.6) is 5.75 Å². The number of carbonyl (C=O) groups excluding carboxylic acids is 2. The lowest BCUT2D eigenvalue weighted by atomic mass is 9.90. The SMILES string of the molecule is O=C1CN(CC(=O)N2CCC(Cc3ccccc3)CC2)c2ccccc2O1. The first-order valence-corrected chi connectivity index (χ1v) is 9.55. The molecule has 0 spiro atoms. The lowest BCUT2D eigenvalue weighted by Gasteiger charge is -2.35. The molecule has 2 heterocycles. The molecule has 0 radical (unpaired) electrons. The Bertz CT molecular complexity index is 813. The number of hydrogen-bond donors (Lipinski definition) is 0. The maximum Gasteiger partial charge on any atom is 0.331 e. The first-order valence-electron chi connectivity index (χ1n) is 9.55. The first kappa shape index (κ1) is 17.6. The third kappa shape index (κ3) is 4.13. The summed E-state index contributed by atoms with van der Waals surface area (Å²) in [6.07, 6.45) is 3.13. The zero-order valence-electron chi connectivity index (χ0n) is 15.3. The van der Waals surface area contributed by atoms with Gasteiger partial charge in [0.05, 0.1) is 12.2 Å². The molecule has 0 aliphatic carbocycles. The van der Waals surface area contributed by atoms with Crippen LogP contribution in [0.2, 0.25) is 0 Å². The summed E-state index contributed by atoms with van der Waals surface area (Å²) in [5, 5.41) is 0. The Morgan fingerprint density at radius 2 is 1.70 bits per heavy atom. The van der Waals surface area contributed by atoms with Crippen molar-refractivity contribution < 1.29 is 14.3 Å². The minimum absolute atomic E-state index is 0.0812. The lowest BCUT2D eigenvalue weighted by molar-refractivity contribution is -0.134. The Balaban J connectivity index is 1.33. The van der Waals surface area contributed by atoms with Crippen molar-refractivity contribution in [3.05, 3.63) is 60.2 Å². The third-order valence-corrected chi connectivity index (χ3v) is 5.41. The van der Waals surface area contributed by atoms with Crippen molar-refractivity contribution in [1.82, 2.24) is 4.90 Å². The van der Waals surface area contributed by atoms with Crippen LogP contribution in [-0.2, 0) is 16.0 Å². The van der Waals surface area contributed by atoms with Gasteiger partial charge in [0.25, 0.3) is 0 Å². The van der Waals surface area contributed by atoms with E-state index in [4.69, 9.17) is 4.74 Å². The number of carbonyl (C=O) groups is 2. The number of piperidine rings is 1. The molecule has 5 nitrogen and oxygen atoms in total. The van der Waals surface area contributed by atoms with Gasteiger partial charge in [0.15, 0.2) is 5.75 Å². The minimum Gasteiger partial charge on any atom is -0.423 e. The summed E-state index contributed by atoms with van der Waals surface area (Å²) < 4.78 is 5.25. The van der Waals surface area contributed by atoms with Crippen LogP contribution in [0.25, 0.3) is 0 Å². The highest BCUT2D eigenvalue weighted by Crippen LogP contribution is 2.31. The van der Waals surface area contributed by atoms with Gasteiger partial charge in [-0.15, -0.1) is 0 Å². The summed E-state index contributed by atoms with van der Waals surface area (Å²) in [4.78, 5) is 28.4. The third-order valence-electron chi connectivity index (χ3n) is 5.41. The second kappa shape index (κ2) is 7.82. The normalized spacial score (nSPS) is 17.4. The number of ether oxygens (including phenoxy) is 1. The smallest absolute Gasteiger partial charge is 0.331 e. The van der Waals surface area contributed by atoms with Gasteiger partial charge in [-0.2, -0.15) is 0 Å².